The summed E-state index contributed by atoms with van der Waals surface area (Å²) in [5.41, 5.74) is 8.92. The fourth-order valence-corrected chi connectivity index (χ4v) is 5.30. The number of aromatic hydroxyl groups is 2. The van der Waals surface area contributed by atoms with Crippen LogP contribution in [0.15, 0.2) is 127 Å². The quantitative estimate of drug-likeness (QED) is 0.120. The van der Waals surface area contributed by atoms with Crippen LogP contribution in [0.3, 0.4) is 0 Å². The van der Waals surface area contributed by atoms with Crippen LogP contribution in [0, 0.1) is 68.9 Å². The molecule has 0 aliphatic carbocycles. The Morgan fingerprint density at radius 3 is 1.08 bits per heavy atom. The van der Waals surface area contributed by atoms with Gasteiger partial charge in [0.25, 0.3) is 0 Å². The van der Waals surface area contributed by atoms with Gasteiger partial charge in [-0.3, -0.25) is 0 Å². The van der Waals surface area contributed by atoms with Crippen LogP contribution in [0.5, 0.6) is 11.5 Å². The molecule has 0 bridgehead atoms. The van der Waals surface area contributed by atoms with Gasteiger partial charge in [0.05, 0.1) is 0 Å². The van der Waals surface area contributed by atoms with Crippen molar-refractivity contribution in [3.63, 3.8) is 0 Å². The molecule has 7 aromatic carbocycles. The van der Waals surface area contributed by atoms with Gasteiger partial charge >= 0.3 is 30.2 Å². The van der Waals surface area contributed by atoms with Gasteiger partial charge in [-0.05, 0) is 63.8 Å². The van der Waals surface area contributed by atoms with Gasteiger partial charge in [-0.25, -0.2) is 0 Å². The molecule has 0 spiro atoms. The fourth-order valence-electron chi connectivity index (χ4n) is 5.30. The van der Waals surface area contributed by atoms with Gasteiger partial charge in [0.1, 0.15) is 11.5 Å². The minimum absolute atomic E-state index is 0. The average Bonchev–Trinajstić information content (AvgIpc) is 3.66. The Morgan fingerprint density at radius 2 is 0.816 bits per heavy atom. The van der Waals surface area contributed by atoms with E-state index in [1.54, 1.807) is 0 Å². The van der Waals surface area contributed by atoms with Crippen molar-refractivity contribution in [2.75, 3.05) is 0 Å². The largest absolute Gasteiger partial charge is 0.184 e. The molecule has 2 radical (unpaired) electrons. The number of fused-ring (bicyclic) bond motifs is 2. The van der Waals surface area contributed by atoms with Crippen LogP contribution in [-0.4, -0.2) is 17.1 Å². The molecule has 4 heteroatoms. The smallest absolute Gasteiger partial charge is 0.171 e. The Labute approximate surface area is 312 Å². The summed E-state index contributed by atoms with van der Waals surface area (Å²) in [5, 5.41) is 24.1. The first kappa shape index (κ1) is 43.0. The molecule has 0 atom stereocenters. The number of phenols is 2. The van der Waals surface area contributed by atoms with E-state index in [0.717, 1.165) is 22.3 Å². The van der Waals surface area contributed by atoms with Crippen molar-refractivity contribution in [3.8, 4) is 11.5 Å². The first-order valence-electron chi connectivity index (χ1n) is 15.9. The number of phenolic OH excluding ortho intramolecular Hbond substituents is 2. The number of benzene rings is 5. The van der Waals surface area contributed by atoms with Crippen LogP contribution >= 0.6 is 0 Å². The molecular weight excluding hydrogens is 692 g/mol. The number of hydrogen-bond donors (Lipinski definition) is 2. The summed E-state index contributed by atoms with van der Waals surface area (Å²) in [6, 6.07) is 46.1. The predicted octanol–water partition coefficient (Wildman–Crippen LogP) is 11.9. The van der Waals surface area contributed by atoms with Crippen molar-refractivity contribution >= 4 is 28.4 Å². The molecule has 0 saturated heterocycles. The molecule has 0 aliphatic heterocycles. The third kappa shape index (κ3) is 15.0. The first-order chi connectivity index (χ1) is 22.9. The number of hydrogen-bond acceptors (Lipinski definition) is 2. The summed E-state index contributed by atoms with van der Waals surface area (Å²) in [7, 11) is 0. The first-order valence-corrected chi connectivity index (χ1v) is 20.1. The molecule has 7 rings (SSSR count). The maximum absolute atomic E-state index is 9.33. The van der Waals surface area contributed by atoms with E-state index in [4.69, 9.17) is 0 Å². The van der Waals surface area contributed by atoms with E-state index in [1.165, 1.54) is 67.1 Å². The van der Waals surface area contributed by atoms with Gasteiger partial charge in [0, 0.05) is 0 Å². The van der Waals surface area contributed by atoms with Crippen LogP contribution in [0.25, 0.3) is 21.5 Å². The van der Waals surface area contributed by atoms with Crippen LogP contribution in [0.1, 0.15) is 44.5 Å². The second-order valence-corrected chi connectivity index (χ2v) is 11.9. The minimum atomic E-state index is 0. The zero-order valence-electron chi connectivity index (χ0n) is 30.5. The van der Waals surface area contributed by atoms with Gasteiger partial charge in [-0.15, -0.1) is 81.2 Å². The average molecular weight is 742 g/mol. The SMILES string of the molecule is Cc1cc(C)c(O)c(C)c1.Cc1cc(C)c(O)c(C)c1.Cc1cc2ccccc2[cH-]1.Cc1cc2ccccc2[cH-]1.[CH3-].[Si]=[Zr].[c-]1ccccc1. The van der Waals surface area contributed by atoms with Gasteiger partial charge in [-0.1, -0.05) is 61.4 Å². The fraction of sp³-hybridized carbons (Fsp3) is 0.178. The summed E-state index contributed by atoms with van der Waals surface area (Å²) >= 11 is 1.36. The van der Waals surface area contributed by atoms with E-state index in [2.05, 4.69) is 99.6 Å². The summed E-state index contributed by atoms with van der Waals surface area (Å²) in [4.78, 5) is 0. The normalized spacial score (nSPS) is 9.37. The van der Waals surface area contributed by atoms with Crippen molar-refractivity contribution in [1.82, 2.24) is 0 Å². The van der Waals surface area contributed by atoms with Crippen molar-refractivity contribution in [3.05, 3.63) is 185 Å². The molecule has 7 aromatic rings. The van der Waals surface area contributed by atoms with Crippen molar-refractivity contribution in [1.29, 1.82) is 0 Å². The Hall–Kier alpha value is -3.98. The van der Waals surface area contributed by atoms with Gasteiger partial charge in [-0.2, -0.15) is 48.5 Å². The predicted molar refractivity (Wildman–Crippen MR) is 211 cm³/mol. The third-order valence-corrected chi connectivity index (χ3v) is 7.40. The van der Waals surface area contributed by atoms with E-state index in [9.17, 15) is 10.2 Å². The summed E-state index contributed by atoms with van der Waals surface area (Å²) in [6.45, 7) is 19.0. The molecule has 0 saturated carbocycles. The molecule has 0 aliphatic rings. The van der Waals surface area contributed by atoms with Gasteiger partial charge in [0.2, 0.25) is 0 Å². The molecule has 0 heterocycles. The number of rotatable bonds is 0. The second-order valence-electron chi connectivity index (χ2n) is 11.9. The van der Waals surface area contributed by atoms with Crippen molar-refractivity contribution in [2.24, 2.45) is 0 Å². The standard InChI is InChI=1S/2C10H9.2C9H12O.C6H5.CH3.Si.Zr/c2*1-8-6-9-4-2-3-5-10(9)7-8;2*1-6-4-7(2)9(10)8(3)5-6;1-2-4-6-5-3-1;;;/h2*2-7H,1H3;2*4-5,10H,1-3H3;1-5H;1H3;;/q2*-1;;;2*-1;;. The maximum atomic E-state index is 9.33. The van der Waals surface area contributed by atoms with Gasteiger partial charge < -0.3 is 17.6 Å². The molecule has 0 unspecified atom stereocenters. The molecule has 2 N–H and O–H groups in total. The van der Waals surface area contributed by atoms with E-state index < -0.39 is 0 Å². The zero-order chi connectivity index (χ0) is 35.6. The van der Waals surface area contributed by atoms with E-state index in [1.807, 2.05) is 96.1 Å². The molecular formula is C45H50O2SiZr-4. The second kappa shape index (κ2) is 22.6. The Balaban J connectivity index is 0.000000303. The Kier molecular flexibility index (Phi) is 19.9. The van der Waals surface area contributed by atoms with Crippen LogP contribution < -0.4 is 0 Å². The molecule has 0 amide bonds. The summed E-state index contributed by atoms with van der Waals surface area (Å²) < 4.78 is 0. The molecule has 0 fully saturated rings. The van der Waals surface area contributed by atoms with Crippen LogP contribution in [-0.2, 0) is 23.3 Å². The van der Waals surface area contributed by atoms with E-state index in [-0.39, 0.29) is 7.43 Å². The number of aryl methyl sites for hydroxylation is 8. The van der Waals surface area contributed by atoms with Crippen LogP contribution in [0.4, 0.5) is 0 Å². The molecule has 49 heavy (non-hydrogen) atoms. The topological polar surface area (TPSA) is 40.5 Å². The van der Waals surface area contributed by atoms with E-state index in [0.29, 0.717) is 11.5 Å². The van der Waals surface area contributed by atoms with E-state index >= 15 is 0 Å². The Morgan fingerprint density at radius 1 is 0.490 bits per heavy atom. The van der Waals surface area contributed by atoms with Crippen molar-refractivity contribution < 1.29 is 33.5 Å². The molecule has 254 valence electrons. The van der Waals surface area contributed by atoms with Crippen LogP contribution in [0.2, 0.25) is 0 Å². The monoisotopic (exact) mass is 740 g/mol. The Bertz CT molecular complexity index is 1700. The van der Waals surface area contributed by atoms with Gasteiger partial charge in [0.15, 0.2) is 0 Å². The summed E-state index contributed by atoms with van der Waals surface area (Å²) in [5.74, 6) is 0.844. The minimum Gasteiger partial charge on any atom is -0.184 e. The molecule has 0 aromatic heterocycles. The molecule has 2 nitrogen and oxygen atoms in total. The zero-order valence-corrected chi connectivity index (χ0v) is 34.0. The maximum Gasteiger partial charge on any atom is -0.171 e. The third-order valence-electron chi connectivity index (χ3n) is 7.40. The van der Waals surface area contributed by atoms with Crippen molar-refractivity contribution in [2.45, 2.75) is 55.4 Å². The summed E-state index contributed by atoms with van der Waals surface area (Å²) in [6.07, 6.45) is 0.